The van der Waals surface area contributed by atoms with Gasteiger partial charge in [0.05, 0.1) is 38.2 Å². The number of benzene rings is 1. The van der Waals surface area contributed by atoms with Gasteiger partial charge in [-0.25, -0.2) is 4.79 Å². The number of hydrogen-bond donors (Lipinski definition) is 3. The molecule has 4 unspecified atom stereocenters. The Morgan fingerprint density at radius 3 is 2.68 bits per heavy atom. The van der Waals surface area contributed by atoms with E-state index in [9.17, 15) is 24.9 Å². The van der Waals surface area contributed by atoms with Gasteiger partial charge in [0.2, 0.25) is 12.4 Å². The van der Waals surface area contributed by atoms with Gasteiger partial charge in [0.1, 0.15) is 24.1 Å². The average Bonchev–Trinajstić information content (AvgIpc) is 3.75. The van der Waals surface area contributed by atoms with E-state index in [0.717, 1.165) is 43.5 Å². The van der Waals surface area contributed by atoms with Gasteiger partial charge in [0.25, 0.3) is 0 Å². The molecule has 1 aromatic carbocycles. The fraction of sp³-hybridized carbons (Fsp3) is 0.613. The first-order valence-corrected chi connectivity index (χ1v) is 15.0. The van der Waals surface area contributed by atoms with E-state index in [-0.39, 0.29) is 32.2 Å². The Hall–Kier alpha value is -3.20. The summed E-state index contributed by atoms with van der Waals surface area (Å²) in [5.41, 5.74) is 0.246. The maximum Gasteiger partial charge on any atom is 0.352 e. The molecule has 44 heavy (non-hydrogen) atoms. The third kappa shape index (κ3) is 4.68. The minimum Gasteiger partial charge on any atom is -0.497 e. The number of aliphatic hydroxyl groups excluding tert-OH is 3. The van der Waals surface area contributed by atoms with Crippen LogP contribution < -0.4 is 9.47 Å². The molecule has 0 bridgehead atoms. The number of aliphatic hydroxyl groups is 3. The summed E-state index contributed by atoms with van der Waals surface area (Å²) in [4.78, 5) is 28.3. The topological polar surface area (TPSA) is 163 Å². The summed E-state index contributed by atoms with van der Waals surface area (Å²) in [6, 6.07) is 4.04. The molecule has 13 nitrogen and oxygen atoms in total. The number of fused-ring (bicyclic) bond motifs is 3. The van der Waals surface area contributed by atoms with Crippen molar-refractivity contribution in [1.82, 2.24) is 4.90 Å². The molecule has 3 saturated heterocycles. The zero-order valence-electron chi connectivity index (χ0n) is 24.4. The SMILES string of the molecule is COC1=C[C@]23CCCN2CCc2cc4c(cc2[C@@H]3[C@@H]1OC(=O)[C@@]1(CC=CCOC2OC(CO)C(O)C2O)CC(=O)O1)OCO4. The zero-order chi connectivity index (χ0) is 30.6. The van der Waals surface area contributed by atoms with E-state index in [2.05, 4.69) is 11.0 Å². The quantitative estimate of drug-likeness (QED) is 0.259. The lowest BCUT2D eigenvalue weighted by molar-refractivity contribution is -0.210. The predicted octanol–water partition coefficient (Wildman–Crippen LogP) is 0.433. The summed E-state index contributed by atoms with van der Waals surface area (Å²) in [5.74, 6) is 0.508. The van der Waals surface area contributed by atoms with E-state index >= 15 is 0 Å². The van der Waals surface area contributed by atoms with E-state index in [0.29, 0.717) is 17.3 Å². The maximum absolute atomic E-state index is 13.9. The number of cyclic esters (lactones) is 1. The molecule has 0 amide bonds. The van der Waals surface area contributed by atoms with Crippen molar-refractivity contribution >= 4 is 11.9 Å². The van der Waals surface area contributed by atoms with Gasteiger partial charge in [-0.3, -0.25) is 9.69 Å². The molecular formula is C31H37NO12. The van der Waals surface area contributed by atoms with Crippen LogP contribution in [0.2, 0.25) is 0 Å². The van der Waals surface area contributed by atoms with Crippen LogP contribution >= 0.6 is 0 Å². The number of carbonyl (C=O) groups is 2. The van der Waals surface area contributed by atoms with Gasteiger partial charge < -0.3 is 48.5 Å². The van der Waals surface area contributed by atoms with Crippen LogP contribution in [0.3, 0.4) is 0 Å². The highest BCUT2D eigenvalue weighted by molar-refractivity contribution is 5.94. The first-order valence-electron chi connectivity index (χ1n) is 15.0. The van der Waals surface area contributed by atoms with Crippen LogP contribution in [0.15, 0.2) is 36.1 Å². The van der Waals surface area contributed by atoms with E-state index in [4.69, 9.17) is 33.2 Å². The normalized spacial score (nSPS) is 37.1. The van der Waals surface area contributed by atoms with Crippen molar-refractivity contribution in [3.8, 4) is 11.5 Å². The second-order valence-corrected chi connectivity index (χ2v) is 12.2. The lowest BCUT2D eigenvalue weighted by Crippen LogP contribution is -2.56. The van der Waals surface area contributed by atoms with Crippen LogP contribution in [-0.2, 0) is 39.7 Å². The molecule has 7 rings (SSSR count). The summed E-state index contributed by atoms with van der Waals surface area (Å²) in [7, 11) is 1.57. The van der Waals surface area contributed by atoms with E-state index in [1.54, 1.807) is 19.3 Å². The van der Waals surface area contributed by atoms with Crippen LogP contribution in [0.5, 0.6) is 11.5 Å². The minimum atomic E-state index is -1.50. The number of ether oxygens (including phenoxy) is 7. The Morgan fingerprint density at radius 1 is 1.16 bits per heavy atom. The number of carbonyl (C=O) groups excluding carboxylic acids is 2. The molecule has 3 fully saturated rings. The van der Waals surface area contributed by atoms with Gasteiger partial charge in [-0.05, 0) is 55.1 Å². The highest BCUT2D eigenvalue weighted by Gasteiger charge is 2.60. The third-order valence-corrected chi connectivity index (χ3v) is 9.78. The summed E-state index contributed by atoms with van der Waals surface area (Å²) in [5, 5.41) is 29.2. The van der Waals surface area contributed by atoms with E-state index in [1.807, 2.05) is 12.1 Å². The average molecular weight is 616 g/mol. The van der Waals surface area contributed by atoms with Crippen LogP contribution in [0.4, 0.5) is 0 Å². The molecule has 1 aromatic rings. The van der Waals surface area contributed by atoms with Gasteiger partial charge in [-0.2, -0.15) is 0 Å². The fourth-order valence-electron chi connectivity index (χ4n) is 7.57. The molecule has 3 N–H and O–H groups in total. The van der Waals surface area contributed by atoms with Crippen molar-refractivity contribution in [2.75, 3.05) is 40.2 Å². The molecule has 238 valence electrons. The minimum absolute atomic E-state index is 0.0157. The highest BCUT2D eigenvalue weighted by atomic mass is 16.7. The Morgan fingerprint density at radius 2 is 1.95 bits per heavy atom. The third-order valence-electron chi connectivity index (χ3n) is 9.78. The van der Waals surface area contributed by atoms with Gasteiger partial charge >= 0.3 is 11.9 Å². The second-order valence-electron chi connectivity index (χ2n) is 12.2. The van der Waals surface area contributed by atoms with Crippen LogP contribution in [-0.4, -0.2) is 114 Å². The van der Waals surface area contributed by atoms with Gasteiger partial charge in [0.15, 0.2) is 23.9 Å². The van der Waals surface area contributed by atoms with Gasteiger partial charge in [-0.15, -0.1) is 0 Å². The fourth-order valence-corrected chi connectivity index (χ4v) is 7.57. The molecule has 0 radical (unpaired) electrons. The summed E-state index contributed by atoms with van der Waals surface area (Å²) >= 11 is 0. The molecule has 1 spiro atoms. The second kappa shape index (κ2) is 11.3. The Balaban J connectivity index is 1.10. The number of nitrogens with zero attached hydrogens (tertiary/aromatic N) is 1. The molecular weight excluding hydrogens is 578 g/mol. The Kier molecular flexibility index (Phi) is 7.58. The van der Waals surface area contributed by atoms with Crippen molar-refractivity contribution in [1.29, 1.82) is 0 Å². The number of rotatable bonds is 9. The smallest absolute Gasteiger partial charge is 0.352 e. The first-order chi connectivity index (χ1) is 21.3. The van der Waals surface area contributed by atoms with Crippen LogP contribution in [0.1, 0.15) is 42.7 Å². The monoisotopic (exact) mass is 615 g/mol. The molecule has 8 atom stereocenters. The van der Waals surface area contributed by atoms with Gasteiger partial charge in [0, 0.05) is 13.0 Å². The molecule has 1 aliphatic carbocycles. The van der Waals surface area contributed by atoms with Crippen LogP contribution in [0.25, 0.3) is 0 Å². The molecule has 0 saturated carbocycles. The summed E-state index contributed by atoms with van der Waals surface area (Å²) < 4.78 is 39.7. The summed E-state index contributed by atoms with van der Waals surface area (Å²) in [6.45, 7) is 1.45. The molecule has 0 aromatic heterocycles. The van der Waals surface area contributed by atoms with Crippen LogP contribution in [0, 0.1) is 0 Å². The van der Waals surface area contributed by atoms with Crippen molar-refractivity contribution in [2.45, 2.75) is 79.9 Å². The lowest BCUT2D eigenvalue weighted by Gasteiger charge is -2.41. The largest absolute Gasteiger partial charge is 0.497 e. The lowest BCUT2D eigenvalue weighted by atomic mass is 9.77. The van der Waals surface area contributed by atoms with Gasteiger partial charge in [-0.1, -0.05) is 12.2 Å². The predicted molar refractivity (Wildman–Crippen MR) is 148 cm³/mol. The maximum atomic E-state index is 13.9. The molecule has 5 heterocycles. The Bertz CT molecular complexity index is 1370. The standard InChI is InChI=1S/C31H37NO12/c1-38-21-13-30-6-4-8-32(30)9-5-17-11-19-20(41-16-40-19)12-18(17)24(30)27(21)43-29(37)31(14-23(34)44-31)7-2-3-10-39-28-26(36)25(35)22(15-33)42-28/h2-3,11-13,22,24-28,33,35-36H,4-10,14-16H2,1H3/t22?,24-,25?,26?,27-,28?,30+,31-/m1/s1. The molecule has 5 aliphatic heterocycles. The Labute approximate surface area is 253 Å². The molecule has 13 heteroatoms. The first kappa shape index (κ1) is 29.5. The van der Waals surface area contributed by atoms with Crippen molar-refractivity contribution in [3.05, 3.63) is 47.2 Å². The van der Waals surface area contributed by atoms with E-state index < -0.39 is 60.4 Å². The molecule has 6 aliphatic rings. The summed E-state index contributed by atoms with van der Waals surface area (Å²) in [6.07, 6.45) is 2.58. The number of methoxy groups -OCH3 is 1. The number of hydrogen-bond acceptors (Lipinski definition) is 13. The highest BCUT2D eigenvalue weighted by Crippen LogP contribution is 2.56. The van der Waals surface area contributed by atoms with Crippen molar-refractivity contribution in [2.24, 2.45) is 0 Å². The van der Waals surface area contributed by atoms with Crippen molar-refractivity contribution in [3.63, 3.8) is 0 Å². The number of esters is 2. The zero-order valence-corrected chi connectivity index (χ0v) is 24.4. The van der Waals surface area contributed by atoms with Crippen molar-refractivity contribution < 1.29 is 58.1 Å². The van der Waals surface area contributed by atoms with E-state index in [1.165, 1.54) is 0 Å².